The van der Waals surface area contributed by atoms with E-state index in [1.54, 1.807) is 12.1 Å². The number of cyclic esters (lactones) is 1. The largest absolute Gasteiger partial charge is 0.508 e. The Balaban J connectivity index is 2.30. The summed E-state index contributed by atoms with van der Waals surface area (Å²) in [6, 6.07) is 7.11. The lowest BCUT2D eigenvalue weighted by molar-refractivity contribution is 0.0920. The van der Waals surface area contributed by atoms with Crippen molar-refractivity contribution in [2.24, 2.45) is 0 Å². The fraction of sp³-hybridized carbons (Fsp3) is 0.364. The van der Waals surface area contributed by atoms with E-state index in [0.717, 1.165) is 5.56 Å². The highest BCUT2D eigenvalue weighted by Gasteiger charge is 2.34. The number of nitrogens with one attached hydrogen (secondary N) is 1. The van der Waals surface area contributed by atoms with Gasteiger partial charge < -0.3 is 15.2 Å². The summed E-state index contributed by atoms with van der Waals surface area (Å²) in [5.41, 5.74) is 0.434. The normalized spacial score (nSPS) is 25.5. The summed E-state index contributed by atoms with van der Waals surface area (Å²) in [5, 5.41) is 12.4. The topological polar surface area (TPSA) is 58.6 Å². The second-order valence-corrected chi connectivity index (χ2v) is 4.01. The van der Waals surface area contributed by atoms with Gasteiger partial charge in [-0.05, 0) is 6.07 Å². The van der Waals surface area contributed by atoms with E-state index in [9.17, 15) is 9.90 Å². The maximum absolute atomic E-state index is 10.9. The second-order valence-electron chi connectivity index (χ2n) is 4.01. The Kier molecular flexibility index (Phi) is 2.26. The molecule has 1 heterocycles. The SMILES string of the molecule is CC1(c2ccccc2O)CNC(=O)OC1. The molecule has 0 bridgehead atoms. The number of alkyl carbamates (subject to hydrolysis) is 1. The van der Waals surface area contributed by atoms with Crippen molar-refractivity contribution >= 4 is 6.09 Å². The Hall–Kier alpha value is -1.71. The van der Waals surface area contributed by atoms with Gasteiger partial charge in [0.15, 0.2) is 0 Å². The number of aromatic hydroxyl groups is 1. The highest BCUT2D eigenvalue weighted by Crippen LogP contribution is 2.32. The maximum Gasteiger partial charge on any atom is 0.407 e. The van der Waals surface area contributed by atoms with E-state index in [2.05, 4.69) is 5.32 Å². The van der Waals surface area contributed by atoms with Crippen molar-refractivity contribution in [3.63, 3.8) is 0 Å². The van der Waals surface area contributed by atoms with Crippen molar-refractivity contribution in [2.75, 3.05) is 13.2 Å². The second kappa shape index (κ2) is 3.46. The summed E-state index contributed by atoms with van der Waals surface area (Å²) in [4.78, 5) is 10.9. The molecule has 1 atom stereocenters. The molecule has 1 aromatic carbocycles. The van der Waals surface area contributed by atoms with Crippen molar-refractivity contribution in [3.8, 4) is 5.75 Å². The summed E-state index contributed by atoms with van der Waals surface area (Å²) in [6.45, 7) is 2.71. The standard InChI is InChI=1S/C11H13NO3/c1-11(6-12-10(14)15-7-11)8-4-2-3-5-9(8)13/h2-5,13H,6-7H2,1H3,(H,12,14). The number of hydrogen-bond acceptors (Lipinski definition) is 3. The van der Waals surface area contributed by atoms with Crippen LogP contribution in [0, 0.1) is 0 Å². The van der Waals surface area contributed by atoms with Gasteiger partial charge in [-0.2, -0.15) is 0 Å². The molecule has 4 nitrogen and oxygen atoms in total. The first kappa shape index (κ1) is 9.83. The minimum absolute atomic E-state index is 0.236. The van der Waals surface area contributed by atoms with Gasteiger partial charge in [-0.3, -0.25) is 0 Å². The molecule has 15 heavy (non-hydrogen) atoms. The third kappa shape index (κ3) is 1.75. The monoisotopic (exact) mass is 207 g/mol. The number of phenolic OH excluding ortho intramolecular Hbond substituents is 1. The average Bonchev–Trinajstić information content (AvgIpc) is 2.23. The first-order chi connectivity index (χ1) is 7.12. The third-order valence-electron chi connectivity index (χ3n) is 2.70. The Labute approximate surface area is 87.9 Å². The number of ether oxygens (including phenoxy) is 1. The van der Waals surface area contributed by atoms with Crippen molar-refractivity contribution in [2.45, 2.75) is 12.3 Å². The molecular formula is C11H13NO3. The summed E-state index contributed by atoms with van der Waals surface area (Å²) in [6.07, 6.45) is -0.400. The molecular weight excluding hydrogens is 194 g/mol. The van der Waals surface area contributed by atoms with Gasteiger partial charge in [0.05, 0.1) is 0 Å². The number of benzene rings is 1. The number of rotatable bonds is 1. The number of phenols is 1. The first-order valence-electron chi connectivity index (χ1n) is 4.81. The Morgan fingerprint density at radius 1 is 1.47 bits per heavy atom. The van der Waals surface area contributed by atoms with Crippen LogP contribution in [-0.4, -0.2) is 24.4 Å². The van der Waals surface area contributed by atoms with Crippen LogP contribution >= 0.6 is 0 Å². The number of para-hydroxylation sites is 1. The van der Waals surface area contributed by atoms with Crippen LogP contribution in [0.3, 0.4) is 0 Å². The van der Waals surface area contributed by atoms with E-state index in [1.807, 2.05) is 19.1 Å². The van der Waals surface area contributed by atoms with Gasteiger partial charge in [0.2, 0.25) is 0 Å². The van der Waals surface area contributed by atoms with Crippen molar-refractivity contribution in [1.29, 1.82) is 0 Å². The van der Waals surface area contributed by atoms with Gasteiger partial charge in [-0.25, -0.2) is 4.79 Å². The highest BCUT2D eigenvalue weighted by molar-refractivity contribution is 5.68. The van der Waals surface area contributed by atoms with Crippen molar-refractivity contribution in [1.82, 2.24) is 5.32 Å². The average molecular weight is 207 g/mol. The molecule has 1 saturated heterocycles. The van der Waals surface area contributed by atoms with Crippen LogP contribution in [0.1, 0.15) is 12.5 Å². The Morgan fingerprint density at radius 2 is 2.20 bits per heavy atom. The number of hydrogen-bond donors (Lipinski definition) is 2. The zero-order valence-corrected chi connectivity index (χ0v) is 8.49. The van der Waals surface area contributed by atoms with Crippen molar-refractivity contribution < 1.29 is 14.6 Å². The molecule has 0 radical (unpaired) electrons. The minimum atomic E-state index is -0.400. The predicted molar refractivity (Wildman–Crippen MR) is 54.8 cm³/mol. The van der Waals surface area contributed by atoms with Crippen LogP contribution in [0.2, 0.25) is 0 Å². The van der Waals surface area contributed by atoms with Gasteiger partial charge in [0.25, 0.3) is 0 Å². The van der Waals surface area contributed by atoms with Crippen molar-refractivity contribution in [3.05, 3.63) is 29.8 Å². The van der Waals surface area contributed by atoms with E-state index in [0.29, 0.717) is 6.54 Å². The molecule has 1 fully saturated rings. The van der Waals surface area contributed by atoms with Gasteiger partial charge in [0, 0.05) is 17.5 Å². The van der Waals surface area contributed by atoms with Gasteiger partial charge >= 0.3 is 6.09 Å². The number of carbonyl (C=O) groups excluding carboxylic acids is 1. The lowest BCUT2D eigenvalue weighted by Gasteiger charge is -2.33. The van der Waals surface area contributed by atoms with Crippen LogP contribution in [0.25, 0.3) is 0 Å². The molecule has 80 valence electrons. The number of amides is 1. The molecule has 1 aliphatic rings. The van der Waals surface area contributed by atoms with Gasteiger partial charge in [0.1, 0.15) is 12.4 Å². The molecule has 0 saturated carbocycles. The van der Waals surface area contributed by atoms with E-state index in [4.69, 9.17) is 4.74 Å². The fourth-order valence-electron chi connectivity index (χ4n) is 1.75. The van der Waals surface area contributed by atoms with Crippen LogP contribution < -0.4 is 5.32 Å². The zero-order chi connectivity index (χ0) is 10.9. The van der Waals surface area contributed by atoms with E-state index in [-0.39, 0.29) is 17.8 Å². The quantitative estimate of drug-likeness (QED) is 0.731. The van der Waals surface area contributed by atoms with E-state index >= 15 is 0 Å². The number of carbonyl (C=O) groups is 1. The summed E-state index contributed by atoms with van der Waals surface area (Å²) < 4.78 is 4.94. The lowest BCUT2D eigenvalue weighted by Crippen LogP contribution is -2.48. The summed E-state index contributed by atoms with van der Waals surface area (Å²) in [7, 11) is 0. The van der Waals surface area contributed by atoms with Crippen LogP contribution in [-0.2, 0) is 10.2 Å². The minimum Gasteiger partial charge on any atom is -0.508 e. The van der Waals surface area contributed by atoms with Crippen LogP contribution in [0.5, 0.6) is 5.75 Å². The first-order valence-corrected chi connectivity index (χ1v) is 4.81. The summed E-state index contributed by atoms with van der Waals surface area (Å²) in [5.74, 6) is 0.236. The van der Waals surface area contributed by atoms with Gasteiger partial charge in [-0.1, -0.05) is 25.1 Å². The molecule has 1 aliphatic heterocycles. The summed E-state index contributed by atoms with van der Waals surface area (Å²) >= 11 is 0. The lowest BCUT2D eigenvalue weighted by atomic mass is 9.82. The zero-order valence-electron chi connectivity index (χ0n) is 8.49. The molecule has 1 aromatic rings. The smallest absolute Gasteiger partial charge is 0.407 e. The molecule has 1 unspecified atom stereocenters. The molecule has 2 rings (SSSR count). The Morgan fingerprint density at radius 3 is 2.80 bits per heavy atom. The van der Waals surface area contributed by atoms with Gasteiger partial charge in [-0.15, -0.1) is 0 Å². The molecule has 4 heteroatoms. The Bertz CT molecular complexity index is 379. The molecule has 2 N–H and O–H groups in total. The van der Waals surface area contributed by atoms with Crippen LogP contribution in [0.15, 0.2) is 24.3 Å². The molecule has 0 spiro atoms. The molecule has 1 amide bonds. The predicted octanol–water partition coefficient (Wildman–Crippen LogP) is 1.39. The van der Waals surface area contributed by atoms with Crippen LogP contribution in [0.4, 0.5) is 4.79 Å². The fourth-order valence-corrected chi connectivity index (χ4v) is 1.75. The molecule has 0 aliphatic carbocycles. The van der Waals surface area contributed by atoms with E-state index in [1.165, 1.54) is 0 Å². The molecule has 0 aromatic heterocycles. The third-order valence-corrected chi connectivity index (χ3v) is 2.70. The highest BCUT2D eigenvalue weighted by atomic mass is 16.6. The maximum atomic E-state index is 10.9. The van der Waals surface area contributed by atoms with E-state index < -0.39 is 6.09 Å².